The molecule has 1 N–H and O–H groups in total. The van der Waals surface area contributed by atoms with E-state index in [1.807, 2.05) is 95.7 Å². The second-order valence-corrected chi connectivity index (χ2v) is 6.62. The molecule has 0 spiro atoms. The normalized spacial score (nSPS) is 10.7. The minimum atomic E-state index is -0.869. The summed E-state index contributed by atoms with van der Waals surface area (Å²) >= 11 is 0. The summed E-state index contributed by atoms with van der Waals surface area (Å²) in [5.74, 6) is -0.869. The summed E-state index contributed by atoms with van der Waals surface area (Å²) in [5, 5.41) is 14.4. The lowest BCUT2D eigenvalue weighted by molar-refractivity contribution is -0.136. The van der Waals surface area contributed by atoms with Crippen LogP contribution in [0.2, 0.25) is 0 Å². The highest BCUT2D eigenvalue weighted by atomic mass is 16.4. The molecule has 0 saturated carbocycles. The van der Waals surface area contributed by atoms with Gasteiger partial charge in [0.05, 0.1) is 18.7 Å². The van der Waals surface area contributed by atoms with Crippen LogP contribution in [0.15, 0.2) is 91.0 Å². The topological polar surface area (TPSA) is 55.1 Å². The number of rotatable bonds is 6. The first-order chi connectivity index (χ1) is 13.7. The van der Waals surface area contributed by atoms with Gasteiger partial charge in [0.2, 0.25) is 0 Å². The monoisotopic (exact) mass is 368 g/mol. The molecule has 28 heavy (non-hydrogen) atoms. The van der Waals surface area contributed by atoms with E-state index in [4.69, 9.17) is 5.10 Å². The SMILES string of the molecule is O=C(O)Cc1c(-c2ccccc2)c(-c2ccccc2)nn1Cc1ccccc1. The smallest absolute Gasteiger partial charge is 0.309 e. The van der Waals surface area contributed by atoms with Crippen LogP contribution >= 0.6 is 0 Å². The fraction of sp³-hybridized carbons (Fsp3) is 0.0833. The van der Waals surface area contributed by atoms with Crippen LogP contribution in [0.1, 0.15) is 11.3 Å². The Labute approximate surface area is 163 Å². The van der Waals surface area contributed by atoms with Crippen molar-refractivity contribution in [3.05, 3.63) is 102 Å². The molecule has 0 amide bonds. The Kier molecular flexibility index (Phi) is 5.02. The molecule has 0 aliphatic heterocycles. The maximum Gasteiger partial charge on any atom is 0.309 e. The number of benzene rings is 3. The van der Waals surface area contributed by atoms with Crippen molar-refractivity contribution < 1.29 is 9.90 Å². The molecule has 0 unspecified atom stereocenters. The van der Waals surface area contributed by atoms with Crippen LogP contribution in [0.5, 0.6) is 0 Å². The van der Waals surface area contributed by atoms with Gasteiger partial charge in [-0.15, -0.1) is 0 Å². The van der Waals surface area contributed by atoms with E-state index < -0.39 is 5.97 Å². The van der Waals surface area contributed by atoms with Crippen LogP contribution < -0.4 is 0 Å². The molecule has 0 radical (unpaired) electrons. The standard InChI is InChI=1S/C24H20N2O2/c27-22(28)16-21-23(19-12-6-2-7-13-19)24(20-14-8-3-9-15-20)25-26(21)17-18-10-4-1-5-11-18/h1-15H,16-17H2,(H,27,28). The van der Waals surface area contributed by atoms with Gasteiger partial charge in [0.25, 0.3) is 0 Å². The van der Waals surface area contributed by atoms with E-state index in [-0.39, 0.29) is 6.42 Å². The molecule has 0 bridgehead atoms. The van der Waals surface area contributed by atoms with Gasteiger partial charge in [0.15, 0.2) is 0 Å². The molecule has 0 saturated heterocycles. The minimum Gasteiger partial charge on any atom is -0.481 e. The van der Waals surface area contributed by atoms with Crippen molar-refractivity contribution >= 4 is 5.97 Å². The molecule has 4 heteroatoms. The van der Waals surface area contributed by atoms with E-state index in [9.17, 15) is 9.90 Å². The Hall–Kier alpha value is -3.66. The lowest BCUT2D eigenvalue weighted by Crippen LogP contribution is -2.11. The van der Waals surface area contributed by atoms with Gasteiger partial charge in [-0.2, -0.15) is 5.10 Å². The predicted molar refractivity (Wildman–Crippen MR) is 110 cm³/mol. The highest BCUT2D eigenvalue weighted by Crippen LogP contribution is 2.35. The minimum absolute atomic E-state index is 0.0864. The fourth-order valence-corrected chi connectivity index (χ4v) is 3.41. The van der Waals surface area contributed by atoms with Gasteiger partial charge in [-0.3, -0.25) is 9.48 Å². The van der Waals surface area contributed by atoms with Crippen molar-refractivity contribution in [2.45, 2.75) is 13.0 Å². The zero-order valence-electron chi connectivity index (χ0n) is 15.3. The van der Waals surface area contributed by atoms with Crippen LogP contribution in [0.25, 0.3) is 22.4 Å². The quantitative estimate of drug-likeness (QED) is 0.527. The van der Waals surface area contributed by atoms with Gasteiger partial charge in [-0.05, 0) is 11.1 Å². The highest BCUT2D eigenvalue weighted by Gasteiger charge is 2.22. The molecule has 1 aromatic heterocycles. The van der Waals surface area contributed by atoms with Crippen molar-refractivity contribution in [1.82, 2.24) is 9.78 Å². The summed E-state index contributed by atoms with van der Waals surface area (Å²) in [4.78, 5) is 11.7. The van der Waals surface area contributed by atoms with E-state index >= 15 is 0 Å². The molecule has 4 rings (SSSR count). The maximum atomic E-state index is 11.7. The molecule has 0 fully saturated rings. The molecular weight excluding hydrogens is 348 g/mol. The summed E-state index contributed by atoms with van der Waals surface area (Å²) in [5.41, 5.74) is 5.41. The first-order valence-corrected chi connectivity index (χ1v) is 9.18. The predicted octanol–water partition coefficient (Wildman–Crippen LogP) is 4.89. The molecule has 0 atom stereocenters. The van der Waals surface area contributed by atoms with E-state index in [0.29, 0.717) is 12.2 Å². The van der Waals surface area contributed by atoms with Crippen LogP contribution in [-0.4, -0.2) is 20.9 Å². The Bertz CT molecular complexity index is 1070. The zero-order valence-corrected chi connectivity index (χ0v) is 15.3. The Morgan fingerprint density at radius 3 is 1.89 bits per heavy atom. The first kappa shape index (κ1) is 17.7. The number of carboxylic acids is 1. The van der Waals surface area contributed by atoms with Crippen LogP contribution in [0.3, 0.4) is 0 Å². The molecule has 1 heterocycles. The molecule has 4 aromatic rings. The van der Waals surface area contributed by atoms with Gasteiger partial charge in [-0.1, -0.05) is 91.0 Å². The summed E-state index contributed by atoms with van der Waals surface area (Å²) in [6.07, 6.45) is -0.0864. The van der Waals surface area contributed by atoms with Gasteiger partial charge in [0.1, 0.15) is 5.69 Å². The molecule has 138 valence electrons. The number of hydrogen-bond acceptors (Lipinski definition) is 2. The van der Waals surface area contributed by atoms with E-state index in [0.717, 1.165) is 27.9 Å². The first-order valence-electron chi connectivity index (χ1n) is 9.18. The zero-order chi connectivity index (χ0) is 19.3. The van der Waals surface area contributed by atoms with Crippen molar-refractivity contribution in [2.75, 3.05) is 0 Å². The second-order valence-electron chi connectivity index (χ2n) is 6.62. The van der Waals surface area contributed by atoms with Crippen molar-refractivity contribution in [1.29, 1.82) is 0 Å². The van der Waals surface area contributed by atoms with Crippen molar-refractivity contribution in [3.8, 4) is 22.4 Å². The van der Waals surface area contributed by atoms with Gasteiger partial charge >= 0.3 is 5.97 Å². The van der Waals surface area contributed by atoms with Gasteiger partial charge < -0.3 is 5.11 Å². The Morgan fingerprint density at radius 2 is 1.32 bits per heavy atom. The second kappa shape index (κ2) is 7.92. The third-order valence-electron chi connectivity index (χ3n) is 4.66. The molecular formula is C24H20N2O2. The molecule has 0 aliphatic carbocycles. The molecule has 0 aliphatic rings. The summed E-state index contributed by atoms with van der Waals surface area (Å²) in [7, 11) is 0. The summed E-state index contributed by atoms with van der Waals surface area (Å²) in [6, 6.07) is 29.8. The maximum absolute atomic E-state index is 11.7. The number of hydrogen-bond donors (Lipinski definition) is 1. The number of nitrogens with zero attached hydrogens (tertiary/aromatic N) is 2. The lowest BCUT2D eigenvalue weighted by Gasteiger charge is -2.09. The Morgan fingerprint density at radius 1 is 0.786 bits per heavy atom. The molecule has 3 aromatic carbocycles. The third-order valence-corrected chi connectivity index (χ3v) is 4.66. The molecule has 4 nitrogen and oxygen atoms in total. The van der Waals surface area contributed by atoms with E-state index in [1.165, 1.54) is 0 Å². The number of carboxylic acid groups (broad SMARTS) is 1. The van der Waals surface area contributed by atoms with Crippen molar-refractivity contribution in [2.24, 2.45) is 0 Å². The van der Waals surface area contributed by atoms with Crippen LogP contribution in [-0.2, 0) is 17.8 Å². The number of carbonyl (C=O) groups is 1. The van der Waals surface area contributed by atoms with Crippen LogP contribution in [0.4, 0.5) is 0 Å². The summed E-state index contributed by atoms with van der Waals surface area (Å²) < 4.78 is 1.83. The highest BCUT2D eigenvalue weighted by molar-refractivity contribution is 5.85. The van der Waals surface area contributed by atoms with E-state index in [2.05, 4.69) is 0 Å². The fourth-order valence-electron chi connectivity index (χ4n) is 3.41. The van der Waals surface area contributed by atoms with Gasteiger partial charge in [0, 0.05) is 11.1 Å². The largest absolute Gasteiger partial charge is 0.481 e. The summed E-state index contributed by atoms with van der Waals surface area (Å²) in [6.45, 7) is 0.524. The van der Waals surface area contributed by atoms with E-state index in [1.54, 1.807) is 0 Å². The Balaban J connectivity index is 1.93. The average Bonchev–Trinajstić information content (AvgIpc) is 3.07. The average molecular weight is 368 g/mol. The third kappa shape index (κ3) is 3.71. The lowest BCUT2D eigenvalue weighted by atomic mass is 9.97. The number of aromatic nitrogens is 2. The number of aliphatic carboxylic acids is 1. The van der Waals surface area contributed by atoms with Gasteiger partial charge in [-0.25, -0.2) is 0 Å². The van der Waals surface area contributed by atoms with Crippen LogP contribution in [0, 0.1) is 0 Å². The van der Waals surface area contributed by atoms with Crippen molar-refractivity contribution in [3.63, 3.8) is 0 Å².